The molecule has 0 amide bonds. The van der Waals surface area contributed by atoms with Gasteiger partial charge in [-0.3, -0.25) is 0 Å². The Kier molecular flexibility index (Phi) is 3.83. The molecule has 0 bridgehead atoms. The average Bonchev–Trinajstić information content (AvgIpc) is 2.80. The van der Waals surface area contributed by atoms with Gasteiger partial charge in [0.05, 0.1) is 4.90 Å². The van der Waals surface area contributed by atoms with Crippen molar-refractivity contribution in [2.45, 2.75) is 44.6 Å². The maximum Gasteiger partial charge on any atom is 0.241 e. The molecule has 2 aromatic carbocycles. The second-order valence-corrected chi connectivity index (χ2v) is 7.79. The minimum Gasteiger partial charge on any atom is -0.207 e. The molecule has 0 saturated carbocycles. The Bertz CT molecular complexity index is 802. The third-order valence-electron chi connectivity index (χ3n) is 4.30. The van der Waals surface area contributed by atoms with Crippen LogP contribution in [0.2, 0.25) is 0 Å². The van der Waals surface area contributed by atoms with Crippen molar-refractivity contribution in [2.24, 2.45) is 0 Å². The number of rotatable bonds is 3. The molecule has 4 heteroatoms. The Hall–Kier alpha value is -1.65. The van der Waals surface area contributed by atoms with E-state index < -0.39 is 10.0 Å². The van der Waals surface area contributed by atoms with Gasteiger partial charge < -0.3 is 0 Å². The summed E-state index contributed by atoms with van der Waals surface area (Å²) in [5.74, 6) is 0. The summed E-state index contributed by atoms with van der Waals surface area (Å²) >= 11 is 0. The first-order valence-electron chi connectivity index (χ1n) is 7.56. The molecule has 0 radical (unpaired) electrons. The molecule has 0 aromatic heterocycles. The van der Waals surface area contributed by atoms with Crippen molar-refractivity contribution in [1.82, 2.24) is 4.72 Å². The van der Waals surface area contributed by atoms with E-state index in [9.17, 15) is 8.42 Å². The van der Waals surface area contributed by atoms with Gasteiger partial charge in [-0.2, -0.15) is 0 Å². The van der Waals surface area contributed by atoms with Crippen LogP contribution < -0.4 is 4.72 Å². The minimum absolute atomic E-state index is 0.124. The normalized spacial score (nSPS) is 17.5. The topological polar surface area (TPSA) is 46.2 Å². The van der Waals surface area contributed by atoms with E-state index in [0.717, 1.165) is 35.1 Å². The summed E-state index contributed by atoms with van der Waals surface area (Å²) in [5.41, 5.74) is 5.04. The molecule has 1 unspecified atom stereocenters. The van der Waals surface area contributed by atoms with Crippen LogP contribution in [0, 0.1) is 20.8 Å². The van der Waals surface area contributed by atoms with Crippen LogP contribution in [-0.4, -0.2) is 8.42 Å². The van der Waals surface area contributed by atoms with Crippen LogP contribution in [-0.2, 0) is 16.4 Å². The summed E-state index contributed by atoms with van der Waals surface area (Å²) in [7, 11) is -3.51. The highest BCUT2D eigenvalue weighted by Crippen LogP contribution is 2.33. The fourth-order valence-corrected chi connectivity index (χ4v) is 5.22. The van der Waals surface area contributed by atoms with E-state index in [2.05, 4.69) is 10.8 Å². The molecule has 1 N–H and O–H groups in total. The van der Waals surface area contributed by atoms with Crippen molar-refractivity contribution in [3.8, 4) is 0 Å². The molecule has 0 heterocycles. The number of benzene rings is 2. The van der Waals surface area contributed by atoms with E-state index in [-0.39, 0.29) is 6.04 Å². The molecule has 22 heavy (non-hydrogen) atoms. The summed E-state index contributed by atoms with van der Waals surface area (Å²) < 4.78 is 28.6. The van der Waals surface area contributed by atoms with Crippen LogP contribution in [0.4, 0.5) is 0 Å². The maximum absolute atomic E-state index is 12.8. The first-order valence-corrected chi connectivity index (χ1v) is 9.05. The van der Waals surface area contributed by atoms with E-state index in [1.54, 1.807) is 0 Å². The fourth-order valence-electron chi connectivity index (χ4n) is 3.52. The van der Waals surface area contributed by atoms with Gasteiger partial charge in [-0.1, -0.05) is 42.0 Å². The zero-order chi connectivity index (χ0) is 15.9. The summed E-state index contributed by atoms with van der Waals surface area (Å²) in [5, 5.41) is 0. The van der Waals surface area contributed by atoms with Crippen LogP contribution in [0.3, 0.4) is 0 Å². The largest absolute Gasteiger partial charge is 0.241 e. The molecular formula is C18H21NO2S. The van der Waals surface area contributed by atoms with E-state index in [0.29, 0.717) is 4.90 Å². The van der Waals surface area contributed by atoms with Crippen molar-refractivity contribution in [3.63, 3.8) is 0 Å². The second-order valence-electron chi connectivity index (χ2n) is 6.14. The number of hydrogen-bond acceptors (Lipinski definition) is 2. The standard InChI is InChI=1S/C18H21NO2S/c1-12-10-13(2)18(14(3)11-12)22(20,21)19-17-9-8-15-6-4-5-7-16(15)17/h4-7,10-11,17,19H,8-9H2,1-3H3. The first-order chi connectivity index (χ1) is 10.4. The molecule has 3 nitrogen and oxygen atoms in total. The molecule has 116 valence electrons. The Balaban J connectivity index is 1.96. The Morgan fingerprint density at radius 2 is 1.68 bits per heavy atom. The lowest BCUT2D eigenvalue weighted by atomic mass is 10.1. The van der Waals surface area contributed by atoms with Crippen molar-refractivity contribution in [3.05, 3.63) is 64.2 Å². The molecule has 2 aromatic rings. The number of hydrogen-bond donors (Lipinski definition) is 1. The molecule has 1 atom stereocenters. The summed E-state index contributed by atoms with van der Waals surface area (Å²) in [4.78, 5) is 0.419. The van der Waals surface area contributed by atoms with Gasteiger partial charge in [-0.25, -0.2) is 13.1 Å². The SMILES string of the molecule is Cc1cc(C)c(S(=O)(=O)NC2CCc3ccccc32)c(C)c1. The quantitative estimate of drug-likeness (QED) is 0.941. The smallest absolute Gasteiger partial charge is 0.207 e. The molecule has 1 aliphatic carbocycles. The van der Waals surface area contributed by atoms with E-state index >= 15 is 0 Å². The van der Waals surface area contributed by atoms with E-state index in [1.165, 1.54) is 5.56 Å². The molecule has 0 aliphatic heterocycles. The zero-order valence-electron chi connectivity index (χ0n) is 13.2. The van der Waals surface area contributed by atoms with Gasteiger partial charge in [-0.05, 0) is 55.9 Å². The molecular weight excluding hydrogens is 294 g/mol. The highest BCUT2D eigenvalue weighted by molar-refractivity contribution is 7.89. The maximum atomic E-state index is 12.8. The number of fused-ring (bicyclic) bond motifs is 1. The molecule has 0 saturated heterocycles. The monoisotopic (exact) mass is 315 g/mol. The highest BCUT2D eigenvalue weighted by Gasteiger charge is 2.28. The van der Waals surface area contributed by atoms with Crippen LogP contribution in [0.15, 0.2) is 41.3 Å². The highest BCUT2D eigenvalue weighted by atomic mass is 32.2. The van der Waals surface area contributed by atoms with Gasteiger partial charge in [0.15, 0.2) is 0 Å². The van der Waals surface area contributed by atoms with Gasteiger partial charge in [0.25, 0.3) is 0 Å². The Morgan fingerprint density at radius 3 is 2.36 bits per heavy atom. The summed E-state index contributed by atoms with van der Waals surface area (Å²) in [6.07, 6.45) is 1.75. The predicted octanol–water partition coefficient (Wildman–Crippen LogP) is 3.58. The third kappa shape index (κ3) is 2.69. The number of aryl methyl sites for hydroxylation is 4. The zero-order valence-corrected chi connectivity index (χ0v) is 14.0. The minimum atomic E-state index is -3.51. The summed E-state index contributed by atoms with van der Waals surface area (Å²) in [6, 6.07) is 11.8. The van der Waals surface area contributed by atoms with Gasteiger partial charge in [0.1, 0.15) is 0 Å². The number of sulfonamides is 1. The number of nitrogens with one attached hydrogen (secondary N) is 1. The van der Waals surface area contributed by atoms with Crippen LogP contribution in [0.5, 0.6) is 0 Å². The first kappa shape index (κ1) is 15.3. The van der Waals surface area contributed by atoms with Crippen molar-refractivity contribution >= 4 is 10.0 Å². The molecule has 0 spiro atoms. The Morgan fingerprint density at radius 1 is 1.05 bits per heavy atom. The lowest BCUT2D eigenvalue weighted by molar-refractivity contribution is 0.553. The van der Waals surface area contributed by atoms with E-state index in [4.69, 9.17) is 0 Å². The van der Waals surface area contributed by atoms with E-state index in [1.807, 2.05) is 51.1 Å². The molecule has 1 aliphatic rings. The molecule has 0 fully saturated rings. The van der Waals surface area contributed by atoms with Gasteiger partial charge in [0.2, 0.25) is 10.0 Å². The fraction of sp³-hybridized carbons (Fsp3) is 0.333. The lowest BCUT2D eigenvalue weighted by Crippen LogP contribution is -2.28. The van der Waals surface area contributed by atoms with Gasteiger partial charge in [-0.15, -0.1) is 0 Å². The van der Waals surface area contributed by atoms with Crippen LogP contribution in [0.25, 0.3) is 0 Å². The third-order valence-corrected chi connectivity index (χ3v) is 6.08. The Labute approximate surface area is 132 Å². The van der Waals surface area contributed by atoms with Crippen molar-refractivity contribution < 1.29 is 8.42 Å². The predicted molar refractivity (Wildman–Crippen MR) is 88.5 cm³/mol. The van der Waals surface area contributed by atoms with Gasteiger partial charge in [0, 0.05) is 6.04 Å². The van der Waals surface area contributed by atoms with Crippen molar-refractivity contribution in [1.29, 1.82) is 0 Å². The average molecular weight is 315 g/mol. The van der Waals surface area contributed by atoms with Crippen molar-refractivity contribution in [2.75, 3.05) is 0 Å². The van der Waals surface area contributed by atoms with Crippen LogP contribution in [0.1, 0.15) is 40.3 Å². The second kappa shape index (κ2) is 5.52. The molecule has 3 rings (SSSR count). The lowest BCUT2D eigenvalue weighted by Gasteiger charge is -2.17. The van der Waals surface area contributed by atoms with Crippen LogP contribution >= 0.6 is 0 Å². The summed E-state index contributed by atoms with van der Waals surface area (Å²) in [6.45, 7) is 5.70. The van der Waals surface area contributed by atoms with Gasteiger partial charge >= 0.3 is 0 Å².